The summed E-state index contributed by atoms with van der Waals surface area (Å²) in [4.78, 5) is 14.5. The van der Waals surface area contributed by atoms with Gasteiger partial charge < -0.3 is 10.6 Å². The minimum atomic E-state index is -3.42. The van der Waals surface area contributed by atoms with Crippen LogP contribution in [0.3, 0.4) is 0 Å². The Morgan fingerprint density at radius 2 is 1.96 bits per heavy atom. The molecule has 6 nitrogen and oxygen atoms in total. The maximum absolute atomic E-state index is 12.8. The molecule has 2 rings (SSSR count). The van der Waals surface area contributed by atoms with Gasteiger partial charge in [-0.2, -0.15) is 0 Å². The van der Waals surface area contributed by atoms with Crippen molar-refractivity contribution in [1.29, 1.82) is 0 Å². The first-order valence-electron chi connectivity index (χ1n) is 9.73. The fraction of sp³-hybridized carbons (Fsp3) is 0.650. The van der Waals surface area contributed by atoms with E-state index in [1.165, 1.54) is 4.31 Å². The predicted molar refractivity (Wildman–Crippen MR) is 108 cm³/mol. The number of carbonyl (C=O) groups is 1. The van der Waals surface area contributed by atoms with Gasteiger partial charge in [-0.25, -0.2) is 12.7 Å². The largest absolute Gasteiger partial charge is 0.345 e. The zero-order valence-corrected chi connectivity index (χ0v) is 17.5. The summed E-state index contributed by atoms with van der Waals surface area (Å²) in [6, 6.07) is 9.24. The van der Waals surface area contributed by atoms with Crippen LogP contribution in [0.4, 0.5) is 0 Å². The van der Waals surface area contributed by atoms with Gasteiger partial charge in [0.2, 0.25) is 15.9 Å². The summed E-state index contributed by atoms with van der Waals surface area (Å²) in [5.41, 5.74) is 6.84. The van der Waals surface area contributed by atoms with Gasteiger partial charge in [-0.15, -0.1) is 0 Å². The number of rotatable bonds is 8. The minimum absolute atomic E-state index is 0.0190. The van der Waals surface area contributed by atoms with Crippen LogP contribution in [0.5, 0.6) is 0 Å². The number of amides is 1. The summed E-state index contributed by atoms with van der Waals surface area (Å²) in [7, 11) is -1.64. The molecule has 1 saturated heterocycles. The summed E-state index contributed by atoms with van der Waals surface area (Å²) >= 11 is 0. The fourth-order valence-electron chi connectivity index (χ4n) is 3.37. The van der Waals surface area contributed by atoms with Crippen molar-refractivity contribution in [1.82, 2.24) is 9.21 Å². The molecule has 0 aromatic heterocycles. The van der Waals surface area contributed by atoms with Gasteiger partial charge >= 0.3 is 0 Å². The highest BCUT2D eigenvalue weighted by Gasteiger charge is 2.33. The summed E-state index contributed by atoms with van der Waals surface area (Å²) < 4.78 is 27.0. The number of piperidine rings is 1. The van der Waals surface area contributed by atoms with Crippen LogP contribution in [0.2, 0.25) is 0 Å². The molecule has 1 heterocycles. The van der Waals surface area contributed by atoms with Crippen LogP contribution in [0.25, 0.3) is 0 Å². The van der Waals surface area contributed by atoms with E-state index >= 15 is 0 Å². The van der Waals surface area contributed by atoms with Crippen molar-refractivity contribution in [2.45, 2.75) is 44.9 Å². The molecule has 152 valence electrons. The topological polar surface area (TPSA) is 83.7 Å². The molecule has 0 bridgehead atoms. The lowest BCUT2D eigenvalue weighted by Crippen LogP contribution is -2.46. The second-order valence-corrected chi connectivity index (χ2v) is 9.86. The van der Waals surface area contributed by atoms with Crippen LogP contribution in [0, 0.1) is 11.8 Å². The van der Waals surface area contributed by atoms with E-state index in [-0.39, 0.29) is 30.2 Å². The van der Waals surface area contributed by atoms with Gasteiger partial charge in [0, 0.05) is 32.7 Å². The Hall–Kier alpha value is -1.44. The quantitative estimate of drug-likeness (QED) is 0.730. The Morgan fingerprint density at radius 1 is 1.30 bits per heavy atom. The Bertz CT molecular complexity index is 706. The van der Waals surface area contributed by atoms with E-state index in [1.807, 2.05) is 30.3 Å². The highest BCUT2D eigenvalue weighted by Crippen LogP contribution is 2.23. The molecule has 0 spiro atoms. The van der Waals surface area contributed by atoms with Crippen LogP contribution in [-0.4, -0.2) is 56.3 Å². The number of sulfonamides is 1. The summed E-state index contributed by atoms with van der Waals surface area (Å²) in [6.45, 7) is 5.51. The minimum Gasteiger partial charge on any atom is -0.345 e. The maximum Gasteiger partial charge on any atom is 0.226 e. The highest BCUT2D eigenvalue weighted by atomic mass is 32.2. The van der Waals surface area contributed by atoms with Crippen LogP contribution in [0.1, 0.15) is 38.7 Å². The average molecular weight is 396 g/mol. The molecule has 0 aliphatic carbocycles. The third-order valence-electron chi connectivity index (χ3n) is 5.35. The zero-order valence-electron chi connectivity index (χ0n) is 16.7. The average Bonchev–Trinajstić information content (AvgIpc) is 2.65. The molecule has 2 unspecified atom stereocenters. The standard InChI is InChI=1S/C20H33N3O3S/c1-16(2)19(21)11-13-22(3)20(24)18-10-7-12-23(14-18)27(25,26)15-17-8-5-4-6-9-17/h4-6,8-9,16,18-19H,7,10-15,21H2,1-3H3. The van der Waals surface area contributed by atoms with Crippen LogP contribution >= 0.6 is 0 Å². The number of hydrogen-bond acceptors (Lipinski definition) is 4. The number of benzene rings is 1. The van der Waals surface area contributed by atoms with Gasteiger partial charge in [0.05, 0.1) is 11.7 Å². The molecule has 1 aromatic carbocycles. The number of hydrogen-bond donors (Lipinski definition) is 1. The molecule has 1 amide bonds. The van der Waals surface area contributed by atoms with E-state index in [9.17, 15) is 13.2 Å². The van der Waals surface area contributed by atoms with Crippen molar-refractivity contribution in [3.8, 4) is 0 Å². The lowest BCUT2D eigenvalue weighted by molar-refractivity contribution is -0.135. The number of carbonyl (C=O) groups excluding carboxylic acids is 1. The lowest BCUT2D eigenvalue weighted by Gasteiger charge is -2.33. The van der Waals surface area contributed by atoms with Gasteiger partial charge in [-0.05, 0) is 30.7 Å². The third-order valence-corrected chi connectivity index (χ3v) is 7.17. The summed E-state index contributed by atoms with van der Waals surface area (Å²) in [5, 5.41) is 0. The molecule has 7 heteroatoms. The van der Waals surface area contributed by atoms with Crippen LogP contribution in [-0.2, 0) is 20.6 Å². The molecule has 1 aliphatic heterocycles. The van der Waals surface area contributed by atoms with Gasteiger partial charge in [0.15, 0.2) is 0 Å². The first-order chi connectivity index (χ1) is 12.7. The Balaban J connectivity index is 1.95. The first kappa shape index (κ1) is 21.9. The SMILES string of the molecule is CC(C)C(N)CCN(C)C(=O)C1CCCN(S(=O)(=O)Cc2ccccc2)C1. The van der Waals surface area contributed by atoms with E-state index in [4.69, 9.17) is 5.73 Å². The van der Waals surface area contributed by atoms with E-state index in [0.29, 0.717) is 25.4 Å². The molecule has 1 aromatic rings. The van der Waals surface area contributed by atoms with Crippen molar-refractivity contribution in [2.24, 2.45) is 17.6 Å². The van der Waals surface area contributed by atoms with Crippen LogP contribution in [0.15, 0.2) is 30.3 Å². The van der Waals surface area contributed by atoms with Crippen LogP contribution < -0.4 is 5.73 Å². The number of nitrogens with two attached hydrogens (primary N) is 1. The molecular weight excluding hydrogens is 362 g/mol. The van der Waals surface area contributed by atoms with Gasteiger partial charge in [0.25, 0.3) is 0 Å². The zero-order chi connectivity index (χ0) is 20.0. The van der Waals surface area contributed by atoms with Gasteiger partial charge in [0.1, 0.15) is 0 Å². The second-order valence-electron chi connectivity index (χ2n) is 7.90. The number of nitrogens with zero attached hydrogens (tertiary/aromatic N) is 2. The smallest absolute Gasteiger partial charge is 0.226 e. The van der Waals surface area contributed by atoms with Gasteiger partial charge in [-0.3, -0.25) is 4.79 Å². The van der Waals surface area contributed by atoms with E-state index in [1.54, 1.807) is 11.9 Å². The molecule has 0 saturated carbocycles. The first-order valence-corrected chi connectivity index (χ1v) is 11.3. The summed E-state index contributed by atoms with van der Waals surface area (Å²) in [6.07, 6.45) is 2.20. The van der Waals surface area contributed by atoms with E-state index in [0.717, 1.165) is 18.4 Å². The lowest BCUT2D eigenvalue weighted by atomic mass is 9.97. The molecule has 2 atom stereocenters. The van der Waals surface area contributed by atoms with Crippen molar-refractivity contribution >= 4 is 15.9 Å². The normalized spacial score (nSPS) is 19.8. The van der Waals surface area contributed by atoms with Crippen molar-refractivity contribution in [3.05, 3.63) is 35.9 Å². The molecule has 1 aliphatic rings. The third kappa shape index (κ3) is 6.30. The molecule has 1 fully saturated rings. The molecule has 0 radical (unpaired) electrons. The molecular formula is C20H33N3O3S. The van der Waals surface area contributed by atoms with E-state index in [2.05, 4.69) is 13.8 Å². The second kappa shape index (κ2) is 9.66. The van der Waals surface area contributed by atoms with Crippen molar-refractivity contribution in [3.63, 3.8) is 0 Å². The van der Waals surface area contributed by atoms with E-state index < -0.39 is 10.0 Å². The monoisotopic (exact) mass is 395 g/mol. The summed E-state index contributed by atoms with van der Waals surface area (Å²) in [5.74, 6) is 0.102. The predicted octanol–water partition coefficient (Wildman–Crippen LogP) is 2.06. The Kier molecular flexibility index (Phi) is 7.82. The highest BCUT2D eigenvalue weighted by molar-refractivity contribution is 7.88. The fourth-order valence-corrected chi connectivity index (χ4v) is 4.98. The Labute approximate surface area is 163 Å². The maximum atomic E-state index is 12.8. The molecule has 27 heavy (non-hydrogen) atoms. The van der Waals surface area contributed by atoms with Crippen molar-refractivity contribution < 1.29 is 13.2 Å². The Morgan fingerprint density at radius 3 is 2.59 bits per heavy atom. The van der Waals surface area contributed by atoms with Gasteiger partial charge in [-0.1, -0.05) is 44.2 Å². The van der Waals surface area contributed by atoms with Crippen molar-refractivity contribution in [2.75, 3.05) is 26.7 Å². The molecule has 2 N–H and O–H groups in total.